The Labute approximate surface area is 113 Å². The van der Waals surface area contributed by atoms with Gasteiger partial charge in [0.15, 0.2) is 0 Å². The predicted octanol–water partition coefficient (Wildman–Crippen LogP) is 2.70. The Bertz CT molecular complexity index is 606. The fourth-order valence-electron chi connectivity index (χ4n) is 1.93. The highest BCUT2D eigenvalue weighted by atomic mass is 16.3. The summed E-state index contributed by atoms with van der Waals surface area (Å²) in [5, 5.41) is 14.2. The van der Waals surface area contributed by atoms with Gasteiger partial charge in [-0.1, -0.05) is 0 Å². The third-order valence-electron chi connectivity index (χ3n) is 3.46. The molecular weight excluding hydrogens is 238 g/mol. The maximum atomic E-state index is 9.83. The SMILES string of the molecule is Cc1cc(NC(C)(C)C(C)O)c2cc(N)ccc2n1. The minimum Gasteiger partial charge on any atom is -0.399 e. The van der Waals surface area contributed by atoms with Crippen LogP contribution < -0.4 is 11.1 Å². The molecule has 0 bridgehead atoms. The van der Waals surface area contributed by atoms with Crippen LogP contribution in [0.5, 0.6) is 0 Å². The third-order valence-corrected chi connectivity index (χ3v) is 3.46. The van der Waals surface area contributed by atoms with Gasteiger partial charge in [-0.2, -0.15) is 0 Å². The van der Waals surface area contributed by atoms with E-state index in [1.54, 1.807) is 6.92 Å². The smallest absolute Gasteiger partial charge is 0.0736 e. The summed E-state index contributed by atoms with van der Waals surface area (Å²) in [5.74, 6) is 0. The number of hydrogen-bond donors (Lipinski definition) is 3. The molecule has 2 aromatic rings. The molecule has 0 aliphatic carbocycles. The van der Waals surface area contributed by atoms with Crippen molar-refractivity contribution in [1.29, 1.82) is 0 Å². The van der Waals surface area contributed by atoms with E-state index in [4.69, 9.17) is 5.73 Å². The van der Waals surface area contributed by atoms with Crippen LogP contribution in [-0.2, 0) is 0 Å². The molecule has 0 saturated heterocycles. The number of anilines is 2. The predicted molar refractivity (Wildman–Crippen MR) is 80.3 cm³/mol. The first-order valence-corrected chi connectivity index (χ1v) is 6.43. The van der Waals surface area contributed by atoms with E-state index < -0.39 is 11.6 Å². The van der Waals surface area contributed by atoms with Gasteiger partial charge >= 0.3 is 0 Å². The van der Waals surface area contributed by atoms with E-state index in [9.17, 15) is 5.11 Å². The molecule has 4 N–H and O–H groups in total. The van der Waals surface area contributed by atoms with Crippen LogP contribution in [0.3, 0.4) is 0 Å². The molecule has 0 spiro atoms. The molecule has 0 aliphatic rings. The number of nitrogens with one attached hydrogen (secondary N) is 1. The molecule has 1 aromatic carbocycles. The lowest BCUT2D eigenvalue weighted by Crippen LogP contribution is -2.41. The third kappa shape index (κ3) is 2.79. The highest BCUT2D eigenvalue weighted by Gasteiger charge is 2.24. The molecule has 4 nitrogen and oxygen atoms in total. The molecule has 2 rings (SSSR count). The number of nitrogen functional groups attached to an aromatic ring is 1. The number of rotatable bonds is 3. The fraction of sp³-hybridized carbons (Fsp3) is 0.400. The van der Waals surface area contributed by atoms with E-state index in [0.717, 1.165) is 22.3 Å². The highest BCUT2D eigenvalue weighted by molar-refractivity contribution is 5.93. The van der Waals surface area contributed by atoms with Gasteiger partial charge in [0.05, 0.1) is 17.2 Å². The van der Waals surface area contributed by atoms with Crippen LogP contribution in [0.2, 0.25) is 0 Å². The molecular formula is C15H21N3O. The number of fused-ring (bicyclic) bond motifs is 1. The van der Waals surface area contributed by atoms with Gasteiger partial charge in [-0.05, 0) is 52.0 Å². The Hall–Kier alpha value is -1.81. The van der Waals surface area contributed by atoms with E-state index >= 15 is 0 Å². The van der Waals surface area contributed by atoms with Gasteiger partial charge in [-0.15, -0.1) is 0 Å². The van der Waals surface area contributed by atoms with Crippen molar-refractivity contribution in [3.8, 4) is 0 Å². The minimum atomic E-state index is -0.475. The summed E-state index contributed by atoms with van der Waals surface area (Å²) < 4.78 is 0. The molecule has 0 aliphatic heterocycles. The Kier molecular flexibility index (Phi) is 3.37. The largest absolute Gasteiger partial charge is 0.399 e. The van der Waals surface area contributed by atoms with Crippen LogP contribution in [0.1, 0.15) is 26.5 Å². The average Bonchev–Trinajstić information content (AvgIpc) is 2.29. The first-order chi connectivity index (χ1) is 8.79. The lowest BCUT2D eigenvalue weighted by atomic mass is 9.97. The van der Waals surface area contributed by atoms with Crippen LogP contribution in [0, 0.1) is 6.92 Å². The molecule has 0 saturated carbocycles. The quantitative estimate of drug-likeness (QED) is 0.741. The monoisotopic (exact) mass is 259 g/mol. The van der Waals surface area contributed by atoms with Crippen molar-refractivity contribution in [3.05, 3.63) is 30.0 Å². The van der Waals surface area contributed by atoms with Crippen molar-refractivity contribution >= 4 is 22.3 Å². The molecule has 1 unspecified atom stereocenters. The van der Waals surface area contributed by atoms with E-state index in [-0.39, 0.29) is 0 Å². The number of aromatic nitrogens is 1. The number of pyridine rings is 1. The lowest BCUT2D eigenvalue weighted by Gasteiger charge is -2.31. The van der Waals surface area contributed by atoms with Gasteiger partial charge in [-0.3, -0.25) is 4.98 Å². The number of aryl methyl sites for hydroxylation is 1. The maximum absolute atomic E-state index is 9.83. The zero-order valence-electron chi connectivity index (χ0n) is 11.9. The van der Waals surface area contributed by atoms with Crippen LogP contribution in [0.4, 0.5) is 11.4 Å². The summed E-state index contributed by atoms with van der Waals surface area (Å²) in [6, 6.07) is 7.64. The van der Waals surface area contributed by atoms with Crippen LogP contribution >= 0.6 is 0 Å². The van der Waals surface area contributed by atoms with Crippen molar-refractivity contribution in [1.82, 2.24) is 4.98 Å². The summed E-state index contributed by atoms with van der Waals surface area (Å²) >= 11 is 0. The Morgan fingerprint density at radius 1 is 1.32 bits per heavy atom. The number of aliphatic hydroxyl groups excluding tert-OH is 1. The maximum Gasteiger partial charge on any atom is 0.0736 e. The average molecular weight is 259 g/mol. The number of nitrogens with two attached hydrogens (primary N) is 1. The number of nitrogens with zero attached hydrogens (tertiary/aromatic N) is 1. The summed E-state index contributed by atoms with van der Waals surface area (Å²) in [6.45, 7) is 7.66. The van der Waals surface area contributed by atoms with Crippen molar-refractivity contribution in [2.45, 2.75) is 39.3 Å². The van der Waals surface area contributed by atoms with Crippen molar-refractivity contribution in [2.24, 2.45) is 0 Å². The van der Waals surface area contributed by atoms with Gasteiger partial charge < -0.3 is 16.2 Å². The van der Waals surface area contributed by atoms with Crippen LogP contribution in [-0.4, -0.2) is 21.7 Å². The van der Waals surface area contributed by atoms with Crippen LogP contribution in [0.25, 0.3) is 10.9 Å². The van der Waals surface area contributed by atoms with Crippen LogP contribution in [0.15, 0.2) is 24.3 Å². The Morgan fingerprint density at radius 2 is 2.00 bits per heavy atom. The summed E-state index contributed by atoms with van der Waals surface area (Å²) in [5.41, 5.74) is 8.91. The van der Waals surface area contributed by atoms with Gasteiger partial charge in [0.1, 0.15) is 0 Å². The van der Waals surface area contributed by atoms with Gasteiger partial charge in [-0.25, -0.2) is 0 Å². The Balaban J connectivity index is 2.56. The normalized spacial score (nSPS) is 13.5. The molecule has 0 radical (unpaired) electrons. The van der Waals surface area contributed by atoms with Crippen molar-refractivity contribution in [3.63, 3.8) is 0 Å². The summed E-state index contributed by atoms with van der Waals surface area (Å²) in [7, 11) is 0. The van der Waals surface area contributed by atoms with Gasteiger partial charge in [0.2, 0.25) is 0 Å². The number of benzene rings is 1. The van der Waals surface area contributed by atoms with E-state index in [0.29, 0.717) is 5.69 Å². The second kappa shape index (κ2) is 4.70. The summed E-state index contributed by atoms with van der Waals surface area (Å²) in [4.78, 5) is 4.49. The standard InChI is InChI=1S/C15H21N3O/c1-9-7-14(18-15(3,4)10(2)19)12-8-11(16)5-6-13(12)17-9/h5-8,10,19H,16H2,1-4H3,(H,17,18). The minimum absolute atomic E-state index is 0.425. The molecule has 0 amide bonds. The van der Waals surface area contributed by atoms with E-state index in [1.165, 1.54) is 0 Å². The summed E-state index contributed by atoms with van der Waals surface area (Å²) in [6.07, 6.45) is -0.475. The van der Waals surface area contributed by atoms with Gasteiger partial charge in [0.25, 0.3) is 0 Å². The topological polar surface area (TPSA) is 71.2 Å². The zero-order chi connectivity index (χ0) is 14.2. The molecule has 1 aromatic heterocycles. The first kappa shape index (κ1) is 13.6. The van der Waals surface area contributed by atoms with Crippen molar-refractivity contribution in [2.75, 3.05) is 11.1 Å². The molecule has 4 heteroatoms. The van der Waals surface area contributed by atoms with E-state index in [2.05, 4.69) is 10.3 Å². The molecule has 0 fully saturated rings. The lowest BCUT2D eigenvalue weighted by molar-refractivity contribution is 0.133. The molecule has 102 valence electrons. The number of aliphatic hydroxyl groups is 1. The fourth-order valence-corrected chi connectivity index (χ4v) is 1.93. The Morgan fingerprint density at radius 3 is 2.63 bits per heavy atom. The second-order valence-corrected chi connectivity index (χ2v) is 5.61. The van der Waals surface area contributed by atoms with E-state index in [1.807, 2.05) is 45.0 Å². The van der Waals surface area contributed by atoms with Gasteiger partial charge in [0, 0.05) is 22.5 Å². The highest BCUT2D eigenvalue weighted by Crippen LogP contribution is 2.28. The zero-order valence-corrected chi connectivity index (χ0v) is 11.9. The molecule has 1 heterocycles. The second-order valence-electron chi connectivity index (χ2n) is 5.61. The number of hydrogen-bond acceptors (Lipinski definition) is 4. The van der Waals surface area contributed by atoms with Crippen molar-refractivity contribution < 1.29 is 5.11 Å². The molecule has 19 heavy (non-hydrogen) atoms. The first-order valence-electron chi connectivity index (χ1n) is 6.43. The molecule has 1 atom stereocenters.